The molecule has 1 N–H and O–H groups in total. The second-order valence-electron chi connectivity index (χ2n) is 5.70. The lowest BCUT2D eigenvalue weighted by molar-refractivity contribution is -0.137. The summed E-state index contributed by atoms with van der Waals surface area (Å²) in [7, 11) is 1.36. The third-order valence-electron chi connectivity index (χ3n) is 4.40. The molecule has 2 atom stereocenters. The van der Waals surface area contributed by atoms with Crippen molar-refractivity contribution in [2.75, 3.05) is 20.2 Å². The molecule has 0 aromatic heterocycles. The van der Waals surface area contributed by atoms with Crippen molar-refractivity contribution < 1.29 is 22.6 Å². The largest absolute Gasteiger partial charge is 0.493 e. The average molecular weight is 301 g/mol. The molecule has 1 saturated heterocycles. The van der Waals surface area contributed by atoms with Crippen molar-refractivity contribution in [2.24, 2.45) is 11.8 Å². The van der Waals surface area contributed by atoms with E-state index in [2.05, 4.69) is 5.32 Å². The molecule has 3 nitrogen and oxygen atoms in total. The minimum absolute atomic E-state index is 0.0666. The fourth-order valence-corrected chi connectivity index (χ4v) is 3.31. The van der Waals surface area contributed by atoms with Crippen LogP contribution in [-0.2, 0) is 6.18 Å². The summed E-state index contributed by atoms with van der Waals surface area (Å²) in [6, 6.07) is 3.41. The number of fused-ring (bicyclic) bond motifs is 2. The maximum Gasteiger partial charge on any atom is 0.416 e. The van der Waals surface area contributed by atoms with Gasteiger partial charge in [0.15, 0.2) is 11.5 Å². The summed E-state index contributed by atoms with van der Waals surface area (Å²) in [6.07, 6.45) is -2.10. The first-order valence-electron chi connectivity index (χ1n) is 7.11. The van der Waals surface area contributed by atoms with Crippen LogP contribution in [0.15, 0.2) is 18.2 Å². The molecule has 0 radical (unpaired) electrons. The van der Waals surface area contributed by atoms with Crippen LogP contribution in [0, 0.1) is 11.8 Å². The first kappa shape index (κ1) is 14.5. The molecule has 1 aromatic carbocycles. The highest BCUT2D eigenvalue weighted by Crippen LogP contribution is 2.41. The van der Waals surface area contributed by atoms with Gasteiger partial charge in [0.2, 0.25) is 0 Å². The highest BCUT2D eigenvalue weighted by atomic mass is 19.4. The van der Waals surface area contributed by atoms with E-state index in [0.717, 1.165) is 38.1 Å². The van der Waals surface area contributed by atoms with Crippen LogP contribution in [0.25, 0.3) is 0 Å². The van der Waals surface area contributed by atoms with E-state index >= 15 is 0 Å². The van der Waals surface area contributed by atoms with Crippen molar-refractivity contribution in [1.82, 2.24) is 5.32 Å². The van der Waals surface area contributed by atoms with Gasteiger partial charge >= 0.3 is 6.18 Å². The van der Waals surface area contributed by atoms with Gasteiger partial charge in [0.1, 0.15) is 6.10 Å². The SMILES string of the molecule is COc1cc(C(F)(F)F)ccc1OC1C2CCC1CNC2. The van der Waals surface area contributed by atoms with E-state index in [-0.39, 0.29) is 11.9 Å². The van der Waals surface area contributed by atoms with E-state index in [1.54, 1.807) is 0 Å². The first-order valence-corrected chi connectivity index (χ1v) is 7.11. The summed E-state index contributed by atoms with van der Waals surface area (Å²) >= 11 is 0. The minimum atomic E-state index is -4.38. The van der Waals surface area contributed by atoms with E-state index in [9.17, 15) is 13.2 Å². The van der Waals surface area contributed by atoms with Crippen molar-refractivity contribution in [3.05, 3.63) is 23.8 Å². The van der Waals surface area contributed by atoms with Crippen molar-refractivity contribution in [1.29, 1.82) is 0 Å². The molecule has 2 fully saturated rings. The van der Waals surface area contributed by atoms with Crippen molar-refractivity contribution in [2.45, 2.75) is 25.1 Å². The van der Waals surface area contributed by atoms with Gasteiger partial charge in [0.25, 0.3) is 0 Å². The summed E-state index contributed by atoms with van der Waals surface area (Å²) in [5.74, 6) is 1.39. The Balaban J connectivity index is 1.82. The molecule has 2 bridgehead atoms. The van der Waals surface area contributed by atoms with E-state index < -0.39 is 11.7 Å². The van der Waals surface area contributed by atoms with E-state index in [1.165, 1.54) is 13.2 Å². The van der Waals surface area contributed by atoms with Crippen LogP contribution < -0.4 is 14.8 Å². The Morgan fingerprint density at radius 3 is 2.33 bits per heavy atom. The zero-order valence-corrected chi connectivity index (χ0v) is 11.7. The molecular formula is C15H18F3NO2. The van der Waals surface area contributed by atoms with Gasteiger partial charge in [0.05, 0.1) is 12.7 Å². The lowest BCUT2D eigenvalue weighted by Crippen LogP contribution is -2.44. The minimum Gasteiger partial charge on any atom is -0.493 e. The number of benzene rings is 1. The number of halogens is 3. The maximum atomic E-state index is 12.7. The van der Waals surface area contributed by atoms with E-state index in [0.29, 0.717) is 17.6 Å². The maximum absolute atomic E-state index is 12.7. The highest BCUT2D eigenvalue weighted by molar-refractivity contribution is 5.44. The Morgan fingerprint density at radius 1 is 1.10 bits per heavy atom. The van der Waals surface area contributed by atoms with Gasteiger partial charge in [-0.25, -0.2) is 0 Å². The van der Waals surface area contributed by atoms with Gasteiger partial charge < -0.3 is 14.8 Å². The Bertz CT molecular complexity index is 502. The number of ether oxygens (including phenoxy) is 2. The molecule has 6 heteroatoms. The van der Waals surface area contributed by atoms with Gasteiger partial charge in [-0.05, 0) is 31.0 Å². The molecule has 1 aliphatic heterocycles. The average Bonchev–Trinajstić information content (AvgIpc) is 2.68. The quantitative estimate of drug-likeness (QED) is 0.930. The lowest BCUT2D eigenvalue weighted by atomic mass is 9.96. The Kier molecular flexibility index (Phi) is 3.73. The smallest absolute Gasteiger partial charge is 0.416 e. The molecule has 1 aromatic rings. The van der Waals surface area contributed by atoms with Gasteiger partial charge in [-0.3, -0.25) is 0 Å². The molecule has 0 spiro atoms. The van der Waals surface area contributed by atoms with Crippen LogP contribution in [0.3, 0.4) is 0 Å². The summed E-state index contributed by atoms with van der Waals surface area (Å²) in [4.78, 5) is 0. The fourth-order valence-electron chi connectivity index (χ4n) is 3.31. The number of piperidine rings is 1. The first-order chi connectivity index (χ1) is 9.99. The normalized spacial score (nSPS) is 28.5. The number of rotatable bonds is 3. The third kappa shape index (κ3) is 2.81. The highest BCUT2D eigenvalue weighted by Gasteiger charge is 2.41. The van der Waals surface area contributed by atoms with Crippen molar-refractivity contribution in [3.8, 4) is 11.5 Å². The van der Waals surface area contributed by atoms with Crippen LogP contribution in [0.1, 0.15) is 18.4 Å². The Morgan fingerprint density at radius 2 is 1.76 bits per heavy atom. The molecule has 1 heterocycles. The predicted molar refractivity (Wildman–Crippen MR) is 71.5 cm³/mol. The lowest BCUT2D eigenvalue weighted by Gasteiger charge is -2.31. The summed E-state index contributed by atoms with van der Waals surface area (Å²) in [5, 5.41) is 3.36. The molecule has 1 saturated carbocycles. The molecule has 2 aliphatic rings. The number of alkyl halides is 3. The van der Waals surface area contributed by atoms with E-state index in [1.807, 2.05) is 0 Å². The standard InChI is InChI=1S/C15H18F3NO2/c1-20-13-6-11(15(16,17)18)4-5-12(13)21-14-9-2-3-10(14)8-19-7-9/h4-6,9-10,14,19H,2-3,7-8H2,1H3. The Labute approximate surface area is 121 Å². The predicted octanol–water partition coefficient (Wildman–Crippen LogP) is 3.09. The monoisotopic (exact) mass is 301 g/mol. The molecule has 1 aliphatic carbocycles. The zero-order valence-electron chi connectivity index (χ0n) is 11.7. The second-order valence-corrected chi connectivity index (χ2v) is 5.70. The number of hydrogen-bond donors (Lipinski definition) is 1. The van der Waals surface area contributed by atoms with Crippen LogP contribution in [0.2, 0.25) is 0 Å². The fraction of sp³-hybridized carbons (Fsp3) is 0.600. The van der Waals surface area contributed by atoms with Crippen LogP contribution in [0.4, 0.5) is 13.2 Å². The number of methoxy groups -OCH3 is 1. The van der Waals surface area contributed by atoms with Crippen molar-refractivity contribution in [3.63, 3.8) is 0 Å². The van der Waals surface area contributed by atoms with Gasteiger partial charge in [-0.2, -0.15) is 13.2 Å². The number of nitrogens with one attached hydrogen (secondary N) is 1. The third-order valence-corrected chi connectivity index (χ3v) is 4.40. The molecule has 0 amide bonds. The second kappa shape index (κ2) is 5.40. The summed E-state index contributed by atoms with van der Waals surface area (Å²) < 4.78 is 49.2. The molecule has 3 rings (SSSR count). The summed E-state index contributed by atoms with van der Waals surface area (Å²) in [5.41, 5.74) is -0.722. The summed E-state index contributed by atoms with van der Waals surface area (Å²) in [6.45, 7) is 1.81. The molecule has 21 heavy (non-hydrogen) atoms. The van der Waals surface area contributed by atoms with Crippen molar-refractivity contribution >= 4 is 0 Å². The van der Waals surface area contributed by atoms with Gasteiger partial charge in [-0.15, -0.1) is 0 Å². The topological polar surface area (TPSA) is 30.5 Å². The van der Waals surface area contributed by atoms with Gasteiger partial charge in [0, 0.05) is 24.9 Å². The van der Waals surface area contributed by atoms with Crippen LogP contribution >= 0.6 is 0 Å². The van der Waals surface area contributed by atoms with E-state index in [4.69, 9.17) is 9.47 Å². The molecule has 116 valence electrons. The van der Waals surface area contributed by atoms with Gasteiger partial charge in [-0.1, -0.05) is 0 Å². The Hall–Kier alpha value is -1.43. The van der Waals surface area contributed by atoms with Crippen LogP contribution in [-0.4, -0.2) is 26.3 Å². The van der Waals surface area contributed by atoms with Crippen LogP contribution in [0.5, 0.6) is 11.5 Å². The zero-order chi connectivity index (χ0) is 15.0. The number of hydrogen-bond acceptors (Lipinski definition) is 3. The molecular weight excluding hydrogens is 283 g/mol. The molecule has 2 unspecified atom stereocenters.